The Kier molecular flexibility index (Phi) is 4.07. The minimum absolute atomic E-state index is 0.0159. The molecule has 0 saturated carbocycles. The predicted octanol–water partition coefficient (Wildman–Crippen LogP) is 1.07. The third-order valence-corrected chi connectivity index (χ3v) is 3.86. The van der Waals surface area contributed by atoms with E-state index in [0.717, 1.165) is 5.56 Å². The zero-order chi connectivity index (χ0) is 15.8. The Bertz CT molecular complexity index is 544. The Morgan fingerprint density at radius 2 is 2.00 bits per heavy atom. The van der Waals surface area contributed by atoms with Gasteiger partial charge in [0.25, 0.3) is 0 Å². The van der Waals surface area contributed by atoms with Gasteiger partial charge in [0, 0.05) is 25.4 Å². The monoisotopic (exact) mass is 292 g/mol. The second-order valence-corrected chi connectivity index (χ2v) is 6.72. The topological polar surface area (TPSA) is 67.2 Å². The lowest BCUT2D eigenvalue weighted by molar-refractivity contribution is -0.153. The van der Waals surface area contributed by atoms with Gasteiger partial charge in [-0.25, -0.2) is 0 Å². The van der Waals surface area contributed by atoms with E-state index < -0.39 is 12.1 Å². The highest BCUT2D eigenvalue weighted by Gasteiger charge is 2.44. The first-order chi connectivity index (χ1) is 9.74. The van der Waals surface area contributed by atoms with E-state index in [9.17, 15) is 9.59 Å². The summed E-state index contributed by atoms with van der Waals surface area (Å²) >= 11 is 0. The van der Waals surface area contributed by atoms with Crippen LogP contribution in [-0.4, -0.2) is 38.6 Å². The molecule has 0 radical (unpaired) electrons. The van der Waals surface area contributed by atoms with Crippen LogP contribution in [0.2, 0.25) is 0 Å². The van der Waals surface area contributed by atoms with Crippen molar-refractivity contribution in [3.8, 4) is 0 Å². The fraction of sp³-hybridized carbons (Fsp3) is 0.667. The third-order valence-electron chi connectivity index (χ3n) is 3.86. The van der Waals surface area contributed by atoms with E-state index >= 15 is 0 Å². The molecule has 2 atom stereocenters. The standard InChI is InChI=1S/C15H24N4O2/c1-6-11-13(20)17-12(15(2,3)4)14(21)19(11)9-10-7-16-18(5)8-10/h7-8,11-12H,6,9H2,1-5H3,(H,17,20). The normalized spacial score (nSPS) is 23.4. The summed E-state index contributed by atoms with van der Waals surface area (Å²) in [4.78, 5) is 26.8. The lowest BCUT2D eigenvalue weighted by atomic mass is 9.83. The van der Waals surface area contributed by atoms with Crippen molar-refractivity contribution in [3.63, 3.8) is 0 Å². The molecule has 1 aromatic heterocycles. The van der Waals surface area contributed by atoms with Gasteiger partial charge in [-0.05, 0) is 11.8 Å². The van der Waals surface area contributed by atoms with Gasteiger partial charge in [-0.1, -0.05) is 27.7 Å². The van der Waals surface area contributed by atoms with Crippen molar-refractivity contribution in [2.24, 2.45) is 12.5 Å². The van der Waals surface area contributed by atoms with E-state index in [1.165, 1.54) is 0 Å². The van der Waals surface area contributed by atoms with E-state index in [4.69, 9.17) is 0 Å². The second kappa shape index (κ2) is 5.50. The van der Waals surface area contributed by atoms with Crippen LogP contribution in [0.15, 0.2) is 12.4 Å². The molecule has 0 aromatic carbocycles. The number of amides is 2. The SMILES string of the molecule is CCC1C(=O)NC(C(C)(C)C)C(=O)N1Cc1cnn(C)c1. The second-order valence-electron chi connectivity index (χ2n) is 6.72. The largest absolute Gasteiger partial charge is 0.342 e. The predicted molar refractivity (Wildman–Crippen MR) is 79.2 cm³/mol. The first-order valence-electron chi connectivity index (χ1n) is 7.32. The summed E-state index contributed by atoms with van der Waals surface area (Å²) in [5, 5.41) is 7.00. The average molecular weight is 292 g/mol. The molecule has 0 spiro atoms. The molecule has 0 aliphatic carbocycles. The van der Waals surface area contributed by atoms with Crippen LogP contribution in [0.4, 0.5) is 0 Å². The number of hydrogen-bond acceptors (Lipinski definition) is 3. The molecule has 1 aliphatic rings. The van der Waals surface area contributed by atoms with Crippen molar-refractivity contribution in [1.29, 1.82) is 0 Å². The van der Waals surface area contributed by atoms with Crippen molar-refractivity contribution < 1.29 is 9.59 Å². The first kappa shape index (κ1) is 15.5. The highest BCUT2D eigenvalue weighted by molar-refractivity contribution is 5.97. The van der Waals surface area contributed by atoms with Crippen LogP contribution in [0, 0.1) is 5.41 Å². The lowest BCUT2D eigenvalue weighted by Gasteiger charge is -2.43. The van der Waals surface area contributed by atoms with Gasteiger partial charge in [-0.2, -0.15) is 5.10 Å². The third kappa shape index (κ3) is 3.09. The number of carbonyl (C=O) groups excluding carboxylic acids is 2. The van der Waals surface area contributed by atoms with Crippen LogP contribution >= 0.6 is 0 Å². The molecule has 1 saturated heterocycles. The van der Waals surface area contributed by atoms with E-state index in [-0.39, 0.29) is 17.2 Å². The van der Waals surface area contributed by atoms with Gasteiger partial charge in [-0.3, -0.25) is 14.3 Å². The minimum atomic E-state index is -0.482. The average Bonchev–Trinajstić information content (AvgIpc) is 2.78. The molecule has 2 unspecified atom stereocenters. The van der Waals surface area contributed by atoms with Crippen LogP contribution in [0.1, 0.15) is 39.7 Å². The number of nitrogens with zero attached hydrogens (tertiary/aromatic N) is 3. The molecule has 2 rings (SSSR count). The molecule has 1 aliphatic heterocycles. The number of aromatic nitrogens is 2. The zero-order valence-electron chi connectivity index (χ0n) is 13.4. The Labute approximate surface area is 125 Å². The quantitative estimate of drug-likeness (QED) is 0.906. The van der Waals surface area contributed by atoms with Crippen LogP contribution in [0.5, 0.6) is 0 Å². The number of piperazine rings is 1. The molecule has 116 valence electrons. The van der Waals surface area contributed by atoms with Gasteiger partial charge in [0.05, 0.1) is 6.20 Å². The fourth-order valence-corrected chi connectivity index (χ4v) is 2.69. The molecular formula is C15H24N4O2. The van der Waals surface area contributed by atoms with Gasteiger partial charge in [-0.15, -0.1) is 0 Å². The molecule has 6 heteroatoms. The molecule has 21 heavy (non-hydrogen) atoms. The van der Waals surface area contributed by atoms with Crippen molar-refractivity contribution in [2.45, 2.75) is 52.7 Å². The smallest absolute Gasteiger partial charge is 0.246 e. The number of aryl methyl sites for hydroxylation is 1. The van der Waals surface area contributed by atoms with Crippen LogP contribution in [0.3, 0.4) is 0 Å². The number of rotatable bonds is 3. The fourth-order valence-electron chi connectivity index (χ4n) is 2.69. The Hall–Kier alpha value is -1.85. The van der Waals surface area contributed by atoms with Crippen molar-refractivity contribution in [3.05, 3.63) is 18.0 Å². The molecule has 1 fully saturated rings. The van der Waals surface area contributed by atoms with Crippen molar-refractivity contribution in [1.82, 2.24) is 20.0 Å². The summed E-state index contributed by atoms with van der Waals surface area (Å²) in [5.41, 5.74) is 0.630. The first-order valence-corrected chi connectivity index (χ1v) is 7.32. The summed E-state index contributed by atoms with van der Waals surface area (Å²) in [7, 11) is 1.84. The van der Waals surface area contributed by atoms with Gasteiger partial charge < -0.3 is 10.2 Å². The van der Waals surface area contributed by atoms with E-state index in [1.807, 2.05) is 40.9 Å². The van der Waals surface area contributed by atoms with Gasteiger partial charge in [0.1, 0.15) is 12.1 Å². The van der Waals surface area contributed by atoms with Gasteiger partial charge >= 0.3 is 0 Å². The molecule has 1 aromatic rings. The van der Waals surface area contributed by atoms with Crippen LogP contribution < -0.4 is 5.32 Å². The number of carbonyl (C=O) groups is 2. The summed E-state index contributed by atoms with van der Waals surface area (Å²) < 4.78 is 1.70. The maximum atomic E-state index is 12.8. The zero-order valence-corrected chi connectivity index (χ0v) is 13.4. The molecule has 6 nitrogen and oxygen atoms in total. The highest BCUT2D eigenvalue weighted by Crippen LogP contribution is 2.27. The number of hydrogen-bond donors (Lipinski definition) is 1. The Morgan fingerprint density at radius 1 is 1.33 bits per heavy atom. The van der Waals surface area contributed by atoms with E-state index in [1.54, 1.807) is 15.8 Å². The summed E-state index contributed by atoms with van der Waals surface area (Å²) in [5.74, 6) is -0.0845. The summed E-state index contributed by atoms with van der Waals surface area (Å²) in [6, 6.07) is -0.888. The van der Waals surface area contributed by atoms with Crippen molar-refractivity contribution >= 4 is 11.8 Å². The van der Waals surface area contributed by atoms with Crippen molar-refractivity contribution in [2.75, 3.05) is 0 Å². The van der Waals surface area contributed by atoms with Gasteiger partial charge in [0.15, 0.2) is 0 Å². The minimum Gasteiger partial charge on any atom is -0.342 e. The molecular weight excluding hydrogens is 268 g/mol. The highest BCUT2D eigenvalue weighted by atomic mass is 16.2. The molecule has 0 bridgehead atoms. The van der Waals surface area contributed by atoms with Gasteiger partial charge in [0.2, 0.25) is 11.8 Å². The Morgan fingerprint density at radius 3 is 2.48 bits per heavy atom. The maximum Gasteiger partial charge on any atom is 0.246 e. The summed E-state index contributed by atoms with van der Waals surface area (Å²) in [6.45, 7) is 8.23. The maximum absolute atomic E-state index is 12.8. The lowest BCUT2D eigenvalue weighted by Crippen LogP contribution is -2.66. The summed E-state index contributed by atoms with van der Waals surface area (Å²) in [6.07, 6.45) is 4.21. The van der Waals surface area contributed by atoms with E-state index in [0.29, 0.717) is 13.0 Å². The number of nitrogens with one attached hydrogen (secondary N) is 1. The van der Waals surface area contributed by atoms with Crippen LogP contribution in [-0.2, 0) is 23.2 Å². The Balaban J connectivity index is 2.28. The molecule has 2 heterocycles. The molecule has 2 amide bonds. The van der Waals surface area contributed by atoms with E-state index in [2.05, 4.69) is 10.4 Å². The molecule has 1 N–H and O–H groups in total. The van der Waals surface area contributed by atoms with Crippen LogP contribution in [0.25, 0.3) is 0 Å².